The molecule has 1 amide bonds. The summed E-state index contributed by atoms with van der Waals surface area (Å²) in [6.07, 6.45) is 2.62. The molecule has 0 radical (unpaired) electrons. The average Bonchev–Trinajstić information content (AvgIpc) is 2.61. The lowest BCUT2D eigenvalue weighted by Crippen LogP contribution is -2.40. The van der Waals surface area contributed by atoms with Crippen LogP contribution in [0.4, 0.5) is 0 Å². The maximum atomic E-state index is 11.7. The third-order valence-electron chi connectivity index (χ3n) is 3.20. The Kier molecular flexibility index (Phi) is 3.03. The smallest absolute Gasteiger partial charge is 0.223 e. The highest BCUT2D eigenvalue weighted by Crippen LogP contribution is 2.23. The number of rotatable bonds is 2. The number of carbonyl (C=O) groups is 1. The van der Waals surface area contributed by atoms with E-state index in [1.165, 1.54) is 0 Å². The first-order valence-corrected chi connectivity index (χ1v) is 5.38. The molecule has 1 unspecified atom stereocenters. The molecule has 2 fully saturated rings. The highest BCUT2D eigenvalue weighted by molar-refractivity contribution is 5.79. The highest BCUT2D eigenvalue weighted by Gasteiger charge is 2.34. The maximum Gasteiger partial charge on any atom is 0.223 e. The Labute approximate surface area is 84.4 Å². The molecule has 1 atom stereocenters. The summed E-state index contributed by atoms with van der Waals surface area (Å²) in [7, 11) is 0. The lowest BCUT2D eigenvalue weighted by atomic mass is 10.1. The van der Waals surface area contributed by atoms with Crippen LogP contribution in [0.3, 0.4) is 0 Å². The zero-order chi connectivity index (χ0) is 9.97. The molecule has 2 heterocycles. The van der Waals surface area contributed by atoms with Crippen LogP contribution < -0.4 is 5.73 Å². The Morgan fingerprint density at radius 2 is 2.14 bits per heavy atom. The molecule has 4 heteroatoms. The molecule has 0 aromatic carbocycles. The van der Waals surface area contributed by atoms with E-state index < -0.39 is 0 Å². The van der Waals surface area contributed by atoms with Crippen LogP contribution in [-0.4, -0.2) is 43.2 Å². The first kappa shape index (κ1) is 9.93. The average molecular weight is 198 g/mol. The molecule has 0 bridgehead atoms. The van der Waals surface area contributed by atoms with Gasteiger partial charge in [-0.1, -0.05) is 0 Å². The minimum Gasteiger partial charge on any atom is -0.381 e. The van der Waals surface area contributed by atoms with E-state index in [-0.39, 0.29) is 5.91 Å². The molecule has 2 aliphatic rings. The highest BCUT2D eigenvalue weighted by atomic mass is 16.5. The number of amides is 1. The second-order valence-corrected chi connectivity index (χ2v) is 4.20. The molecule has 2 aliphatic heterocycles. The van der Waals surface area contributed by atoms with Gasteiger partial charge < -0.3 is 15.4 Å². The van der Waals surface area contributed by atoms with E-state index in [4.69, 9.17) is 10.5 Å². The zero-order valence-electron chi connectivity index (χ0n) is 8.45. The van der Waals surface area contributed by atoms with Gasteiger partial charge in [0.05, 0.1) is 0 Å². The normalized spacial score (nSPS) is 29.9. The van der Waals surface area contributed by atoms with Crippen molar-refractivity contribution in [1.29, 1.82) is 0 Å². The predicted molar refractivity (Wildman–Crippen MR) is 52.7 cm³/mol. The number of hydrogen-bond acceptors (Lipinski definition) is 3. The largest absolute Gasteiger partial charge is 0.381 e. The summed E-state index contributed by atoms with van der Waals surface area (Å²) < 4.78 is 5.29. The van der Waals surface area contributed by atoms with Gasteiger partial charge in [-0.25, -0.2) is 0 Å². The third-order valence-corrected chi connectivity index (χ3v) is 3.20. The number of ether oxygens (including phenoxy) is 1. The quantitative estimate of drug-likeness (QED) is 0.678. The number of nitrogens with zero attached hydrogens (tertiary/aromatic N) is 1. The van der Waals surface area contributed by atoms with Gasteiger partial charge in [-0.15, -0.1) is 0 Å². The SMILES string of the molecule is NCC1CC(=O)N(C2CCOCC2)C1. The van der Waals surface area contributed by atoms with Gasteiger partial charge in [-0.2, -0.15) is 0 Å². The van der Waals surface area contributed by atoms with Crippen LogP contribution in [0.5, 0.6) is 0 Å². The zero-order valence-corrected chi connectivity index (χ0v) is 8.45. The van der Waals surface area contributed by atoms with Gasteiger partial charge in [-0.05, 0) is 25.3 Å². The molecular formula is C10H18N2O2. The number of likely N-dealkylation sites (tertiary alicyclic amines) is 1. The van der Waals surface area contributed by atoms with Crippen LogP contribution in [0.15, 0.2) is 0 Å². The van der Waals surface area contributed by atoms with Crippen LogP contribution >= 0.6 is 0 Å². The van der Waals surface area contributed by atoms with Gasteiger partial charge in [0.25, 0.3) is 0 Å². The Bertz CT molecular complexity index is 214. The molecule has 0 saturated carbocycles. The molecule has 0 aromatic heterocycles. The third kappa shape index (κ3) is 1.91. The van der Waals surface area contributed by atoms with Crippen LogP contribution in [-0.2, 0) is 9.53 Å². The van der Waals surface area contributed by atoms with E-state index >= 15 is 0 Å². The van der Waals surface area contributed by atoms with E-state index in [2.05, 4.69) is 0 Å². The lowest BCUT2D eigenvalue weighted by Gasteiger charge is -2.31. The van der Waals surface area contributed by atoms with Crippen LogP contribution in [0.1, 0.15) is 19.3 Å². The second-order valence-electron chi connectivity index (χ2n) is 4.20. The first-order chi connectivity index (χ1) is 6.81. The number of carbonyl (C=O) groups excluding carboxylic acids is 1. The molecule has 0 spiro atoms. The molecule has 2 saturated heterocycles. The van der Waals surface area contributed by atoms with Crippen molar-refractivity contribution in [2.24, 2.45) is 11.7 Å². The fourth-order valence-electron chi connectivity index (χ4n) is 2.32. The molecule has 14 heavy (non-hydrogen) atoms. The summed E-state index contributed by atoms with van der Waals surface area (Å²) in [4.78, 5) is 13.7. The Hall–Kier alpha value is -0.610. The molecule has 2 rings (SSSR count). The van der Waals surface area contributed by atoms with E-state index in [9.17, 15) is 4.79 Å². The summed E-state index contributed by atoms with van der Waals surface area (Å²) in [5.41, 5.74) is 5.58. The number of nitrogens with two attached hydrogens (primary N) is 1. The van der Waals surface area contributed by atoms with E-state index in [1.54, 1.807) is 0 Å². The monoisotopic (exact) mass is 198 g/mol. The van der Waals surface area contributed by atoms with Gasteiger partial charge in [0, 0.05) is 32.2 Å². The van der Waals surface area contributed by atoms with Crippen LogP contribution in [0, 0.1) is 5.92 Å². The summed E-state index contributed by atoms with van der Waals surface area (Å²) in [5, 5.41) is 0. The van der Waals surface area contributed by atoms with Crippen molar-refractivity contribution in [3.8, 4) is 0 Å². The Morgan fingerprint density at radius 1 is 1.43 bits per heavy atom. The van der Waals surface area contributed by atoms with Crippen molar-refractivity contribution in [3.63, 3.8) is 0 Å². The van der Waals surface area contributed by atoms with Gasteiger partial charge in [0.1, 0.15) is 0 Å². The number of hydrogen-bond donors (Lipinski definition) is 1. The minimum absolute atomic E-state index is 0.285. The molecule has 0 aliphatic carbocycles. The predicted octanol–water partition coefficient (Wildman–Crippen LogP) is -0.0274. The fourth-order valence-corrected chi connectivity index (χ4v) is 2.32. The van der Waals surface area contributed by atoms with Gasteiger partial charge in [0.2, 0.25) is 5.91 Å². The van der Waals surface area contributed by atoms with Crippen molar-refractivity contribution in [3.05, 3.63) is 0 Å². The topological polar surface area (TPSA) is 55.6 Å². The van der Waals surface area contributed by atoms with E-state index in [0.29, 0.717) is 24.9 Å². The van der Waals surface area contributed by atoms with Crippen molar-refractivity contribution in [2.75, 3.05) is 26.3 Å². The fraction of sp³-hybridized carbons (Fsp3) is 0.900. The maximum absolute atomic E-state index is 11.7. The summed E-state index contributed by atoms with van der Waals surface area (Å²) in [6.45, 7) is 3.08. The lowest BCUT2D eigenvalue weighted by molar-refractivity contribution is -0.131. The van der Waals surface area contributed by atoms with Gasteiger partial charge in [-0.3, -0.25) is 4.79 Å². The van der Waals surface area contributed by atoms with Crippen molar-refractivity contribution >= 4 is 5.91 Å². The Morgan fingerprint density at radius 3 is 2.71 bits per heavy atom. The molecule has 0 aromatic rings. The minimum atomic E-state index is 0.285. The molecule has 80 valence electrons. The van der Waals surface area contributed by atoms with Crippen LogP contribution in [0.25, 0.3) is 0 Å². The van der Waals surface area contributed by atoms with Crippen molar-refractivity contribution < 1.29 is 9.53 Å². The molecule has 4 nitrogen and oxygen atoms in total. The van der Waals surface area contributed by atoms with Crippen molar-refractivity contribution in [1.82, 2.24) is 4.90 Å². The van der Waals surface area contributed by atoms with Crippen LogP contribution in [0.2, 0.25) is 0 Å². The summed E-state index contributed by atoms with van der Waals surface area (Å²) in [5.74, 6) is 0.665. The van der Waals surface area contributed by atoms with Gasteiger partial charge >= 0.3 is 0 Å². The van der Waals surface area contributed by atoms with Gasteiger partial charge in [0.15, 0.2) is 0 Å². The standard InChI is InChI=1S/C10H18N2O2/c11-6-8-5-10(13)12(7-8)9-1-3-14-4-2-9/h8-9H,1-7,11H2. The summed E-state index contributed by atoms with van der Waals surface area (Å²) >= 11 is 0. The first-order valence-electron chi connectivity index (χ1n) is 5.38. The Balaban J connectivity index is 1.93. The summed E-state index contributed by atoms with van der Waals surface area (Å²) in [6, 6.07) is 0.410. The van der Waals surface area contributed by atoms with E-state index in [1.807, 2.05) is 4.90 Å². The molecular weight excluding hydrogens is 180 g/mol. The molecule has 2 N–H and O–H groups in total. The second kappa shape index (κ2) is 4.28. The van der Waals surface area contributed by atoms with Crippen molar-refractivity contribution in [2.45, 2.75) is 25.3 Å². The van der Waals surface area contributed by atoms with E-state index in [0.717, 1.165) is 32.6 Å².